The SMILES string of the molecule is CCCC[C@@H](CC)CNS(=O)(=O)c1ccc(OC)c(C(=O)N2CCCCCC2)c1. The summed E-state index contributed by atoms with van der Waals surface area (Å²) < 4.78 is 33.8. The molecule has 2 rings (SSSR count). The van der Waals surface area contributed by atoms with E-state index >= 15 is 0 Å². The lowest BCUT2D eigenvalue weighted by atomic mass is 10.00. The van der Waals surface area contributed by atoms with E-state index in [1.807, 2.05) is 4.90 Å². The van der Waals surface area contributed by atoms with Gasteiger partial charge in [-0.3, -0.25) is 4.79 Å². The molecule has 1 saturated heterocycles. The van der Waals surface area contributed by atoms with Crippen LogP contribution < -0.4 is 9.46 Å². The van der Waals surface area contributed by atoms with E-state index in [9.17, 15) is 13.2 Å². The molecule has 1 aromatic carbocycles. The quantitative estimate of drug-likeness (QED) is 0.611. The Balaban J connectivity index is 2.20. The molecule has 1 aliphatic heterocycles. The minimum Gasteiger partial charge on any atom is -0.496 e. The fourth-order valence-corrected chi connectivity index (χ4v) is 4.86. The monoisotopic (exact) mass is 424 g/mol. The van der Waals surface area contributed by atoms with Gasteiger partial charge in [-0.15, -0.1) is 0 Å². The summed E-state index contributed by atoms with van der Waals surface area (Å²) in [5.74, 6) is 0.573. The van der Waals surface area contributed by atoms with Gasteiger partial charge >= 0.3 is 0 Å². The van der Waals surface area contributed by atoms with E-state index in [2.05, 4.69) is 18.6 Å². The van der Waals surface area contributed by atoms with Crippen LogP contribution in [0.1, 0.15) is 75.6 Å². The third kappa shape index (κ3) is 6.71. The molecule has 29 heavy (non-hydrogen) atoms. The molecule has 0 aliphatic carbocycles. The Morgan fingerprint density at radius 3 is 2.45 bits per heavy atom. The number of sulfonamides is 1. The Morgan fingerprint density at radius 2 is 1.86 bits per heavy atom. The zero-order valence-electron chi connectivity index (χ0n) is 18.1. The number of likely N-dealkylation sites (tertiary alicyclic amines) is 1. The lowest BCUT2D eigenvalue weighted by Crippen LogP contribution is -2.33. The average molecular weight is 425 g/mol. The first-order valence-electron chi connectivity index (χ1n) is 10.9. The van der Waals surface area contributed by atoms with Crippen molar-refractivity contribution in [1.29, 1.82) is 0 Å². The summed E-state index contributed by atoms with van der Waals surface area (Å²) in [5.41, 5.74) is 0.315. The minimum absolute atomic E-state index is 0.113. The fraction of sp³-hybridized carbons (Fsp3) is 0.682. The molecule has 1 amide bonds. The lowest BCUT2D eigenvalue weighted by Gasteiger charge is -2.22. The Morgan fingerprint density at radius 1 is 1.17 bits per heavy atom. The van der Waals surface area contributed by atoms with Crippen LogP contribution >= 0.6 is 0 Å². The van der Waals surface area contributed by atoms with E-state index < -0.39 is 10.0 Å². The van der Waals surface area contributed by atoms with E-state index in [0.717, 1.165) is 51.4 Å². The second-order valence-electron chi connectivity index (χ2n) is 7.84. The number of unbranched alkanes of at least 4 members (excludes halogenated alkanes) is 1. The van der Waals surface area contributed by atoms with Crippen molar-refractivity contribution in [3.05, 3.63) is 23.8 Å². The lowest BCUT2D eigenvalue weighted by molar-refractivity contribution is 0.0758. The Hall–Kier alpha value is -1.60. The number of benzene rings is 1. The highest BCUT2D eigenvalue weighted by molar-refractivity contribution is 7.89. The molecule has 1 N–H and O–H groups in total. The second-order valence-corrected chi connectivity index (χ2v) is 9.60. The number of ether oxygens (including phenoxy) is 1. The van der Waals surface area contributed by atoms with E-state index in [1.54, 1.807) is 6.07 Å². The van der Waals surface area contributed by atoms with Crippen LogP contribution in [-0.4, -0.2) is 46.0 Å². The van der Waals surface area contributed by atoms with Crippen LogP contribution in [0.25, 0.3) is 0 Å². The van der Waals surface area contributed by atoms with Crippen molar-refractivity contribution < 1.29 is 17.9 Å². The number of hydrogen-bond donors (Lipinski definition) is 1. The molecule has 1 aliphatic rings. The van der Waals surface area contributed by atoms with Gasteiger partial charge < -0.3 is 9.64 Å². The third-order valence-corrected chi connectivity index (χ3v) is 7.13. The van der Waals surface area contributed by atoms with Crippen molar-refractivity contribution in [1.82, 2.24) is 9.62 Å². The van der Waals surface area contributed by atoms with Crippen LogP contribution in [0.15, 0.2) is 23.1 Å². The normalized spacial score (nSPS) is 16.3. The number of amides is 1. The molecule has 1 atom stereocenters. The summed E-state index contributed by atoms with van der Waals surface area (Å²) in [6, 6.07) is 4.54. The predicted octanol–water partition coefficient (Wildman–Crippen LogP) is 4.21. The molecule has 164 valence electrons. The smallest absolute Gasteiger partial charge is 0.257 e. The van der Waals surface area contributed by atoms with Gasteiger partial charge in [0.25, 0.3) is 5.91 Å². The maximum atomic E-state index is 13.1. The van der Waals surface area contributed by atoms with Crippen LogP contribution in [-0.2, 0) is 10.0 Å². The van der Waals surface area contributed by atoms with Gasteiger partial charge in [-0.1, -0.05) is 46.0 Å². The Labute approximate surface area is 176 Å². The first kappa shape index (κ1) is 23.7. The van der Waals surface area contributed by atoms with Crippen LogP contribution in [0.5, 0.6) is 5.75 Å². The summed E-state index contributed by atoms with van der Waals surface area (Å²) in [6.07, 6.45) is 8.33. The predicted molar refractivity (Wildman–Crippen MR) is 116 cm³/mol. The van der Waals surface area contributed by atoms with Crippen molar-refractivity contribution in [2.45, 2.75) is 70.1 Å². The van der Waals surface area contributed by atoms with Crippen molar-refractivity contribution in [2.75, 3.05) is 26.7 Å². The van der Waals surface area contributed by atoms with Gasteiger partial charge in [0.1, 0.15) is 5.75 Å². The van der Waals surface area contributed by atoms with Crippen LogP contribution in [0.2, 0.25) is 0 Å². The van der Waals surface area contributed by atoms with Gasteiger partial charge in [0.05, 0.1) is 17.6 Å². The third-order valence-electron chi connectivity index (χ3n) is 5.71. The molecule has 0 bridgehead atoms. The number of nitrogens with zero attached hydrogens (tertiary/aromatic N) is 1. The summed E-state index contributed by atoms with van der Waals surface area (Å²) in [4.78, 5) is 15.0. The standard InChI is InChI=1S/C22H36N2O4S/c1-4-6-11-18(5-2)17-23-29(26,27)19-12-13-21(28-3)20(16-19)22(25)24-14-9-7-8-10-15-24/h12-13,16,18,23H,4-11,14-15,17H2,1-3H3/t18-/m1/s1. The first-order valence-corrected chi connectivity index (χ1v) is 12.4. The molecule has 0 radical (unpaired) electrons. The molecule has 6 nitrogen and oxygen atoms in total. The van der Waals surface area contributed by atoms with Gasteiger partial charge in [-0.25, -0.2) is 13.1 Å². The molecular formula is C22H36N2O4S. The maximum Gasteiger partial charge on any atom is 0.257 e. The van der Waals surface area contributed by atoms with Gasteiger partial charge in [0.15, 0.2) is 0 Å². The van der Waals surface area contributed by atoms with Crippen LogP contribution in [0, 0.1) is 5.92 Å². The molecule has 1 fully saturated rings. The molecule has 0 unspecified atom stereocenters. The van der Waals surface area contributed by atoms with Crippen molar-refractivity contribution >= 4 is 15.9 Å². The number of rotatable bonds is 10. The fourth-order valence-electron chi connectivity index (χ4n) is 3.72. The minimum atomic E-state index is -3.69. The number of methoxy groups -OCH3 is 1. The van der Waals surface area contributed by atoms with Crippen molar-refractivity contribution in [2.24, 2.45) is 5.92 Å². The molecule has 1 heterocycles. The van der Waals surface area contributed by atoms with E-state index in [-0.39, 0.29) is 10.8 Å². The Bertz CT molecular complexity index is 756. The zero-order valence-corrected chi connectivity index (χ0v) is 18.9. The molecular weight excluding hydrogens is 388 g/mol. The van der Waals surface area contributed by atoms with E-state index in [4.69, 9.17) is 4.74 Å². The second kappa shape index (κ2) is 11.6. The van der Waals surface area contributed by atoms with Gasteiger partial charge in [0.2, 0.25) is 10.0 Å². The van der Waals surface area contributed by atoms with Gasteiger partial charge in [-0.2, -0.15) is 0 Å². The van der Waals surface area contributed by atoms with Crippen molar-refractivity contribution in [3.63, 3.8) is 0 Å². The molecule has 0 aromatic heterocycles. The summed E-state index contributed by atoms with van der Waals surface area (Å²) in [7, 11) is -2.19. The number of carbonyl (C=O) groups is 1. The highest BCUT2D eigenvalue weighted by Gasteiger charge is 2.24. The first-order chi connectivity index (χ1) is 13.9. The number of nitrogens with one attached hydrogen (secondary N) is 1. The highest BCUT2D eigenvalue weighted by atomic mass is 32.2. The highest BCUT2D eigenvalue weighted by Crippen LogP contribution is 2.25. The van der Waals surface area contributed by atoms with Crippen LogP contribution in [0.3, 0.4) is 0 Å². The molecule has 0 saturated carbocycles. The zero-order chi connectivity index (χ0) is 21.3. The molecule has 7 heteroatoms. The topological polar surface area (TPSA) is 75.7 Å². The Kier molecular flexibility index (Phi) is 9.43. The van der Waals surface area contributed by atoms with E-state index in [0.29, 0.717) is 36.9 Å². The molecule has 1 aromatic rings. The largest absolute Gasteiger partial charge is 0.496 e. The summed E-state index contributed by atoms with van der Waals surface area (Å²) in [6.45, 7) is 6.04. The van der Waals surface area contributed by atoms with Gasteiger partial charge in [0, 0.05) is 19.6 Å². The number of hydrogen-bond acceptors (Lipinski definition) is 4. The number of carbonyl (C=O) groups excluding carboxylic acids is 1. The van der Waals surface area contributed by atoms with Crippen molar-refractivity contribution in [3.8, 4) is 5.75 Å². The maximum absolute atomic E-state index is 13.1. The van der Waals surface area contributed by atoms with E-state index in [1.165, 1.54) is 19.2 Å². The van der Waals surface area contributed by atoms with Gasteiger partial charge in [-0.05, 0) is 43.4 Å². The average Bonchev–Trinajstić information content (AvgIpc) is 3.02. The van der Waals surface area contributed by atoms with Crippen LogP contribution in [0.4, 0.5) is 0 Å². The molecule has 0 spiro atoms. The summed E-state index contributed by atoms with van der Waals surface area (Å²) in [5, 5.41) is 0. The summed E-state index contributed by atoms with van der Waals surface area (Å²) >= 11 is 0.